The minimum atomic E-state index is -1.61. The van der Waals surface area contributed by atoms with Crippen LogP contribution in [-0.4, -0.2) is 226 Å². The van der Waals surface area contributed by atoms with Crippen LogP contribution in [0.1, 0.15) is 155 Å². The number of nitrogens with zero attached hydrogens (tertiary/aromatic N) is 7. The molecule has 23 nitrogen and oxygen atoms in total. The Labute approximate surface area is 501 Å². The summed E-state index contributed by atoms with van der Waals surface area (Å²) in [7, 11) is 8.51. The zero-order valence-corrected chi connectivity index (χ0v) is 54.6. The van der Waals surface area contributed by atoms with Crippen LogP contribution in [0.25, 0.3) is 0 Å². The lowest BCUT2D eigenvalue weighted by molar-refractivity contribution is -0.157. The van der Waals surface area contributed by atoms with E-state index in [0.29, 0.717) is 12.8 Å². The van der Waals surface area contributed by atoms with Gasteiger partial charge < -0.3 is 60.7 Å². The van der Waals surface area contributed by atoms with Gasteiger partial charge in [-0.2, -0.15) is 0 Å². The maximum absolute atomic E-state index is 15.1. The van der Waals surface area contributed by atoms with E-state index in [-0.39, 0.29) is 68.7 Å². The molecule has 0 spiro atoms. The van der Waals surface area contributed by atoms with Crippen LogP contribution >= 0.6 is 0 Å². The normalized spacial score (nSPS) is 27.7. The molecular formula is C61H107N11O12. The molecule has 5 N–H and O–H groups in total. The fourth-order valence-corrected chi connectivity index (χ4v) is 11.1. The fraction of sp³-hybridized carbons (Fsp3) is 0.787. The molecule has 0 radical (unpaired) electrons. The highest BCUT2D eigenvalue weighted by molar-refractivity contribution is 5.99. The van der Waals surface area contributed by atoms with Crippen LogP contribution in [0, 0.1) is 35.5 Å². The van der Waals surface area contributed by atoms with Crippen molar-refractivity contribution in [2.75, 3.05) is 55.4 Å². The first-order valence-electron chi connectivity index (χ1n) is 30.4. The highest BCUT2D eigenvalue weighted by Gasteiger charge is 2.46. The highest BCUT2D eigenvalue weighted by Crippen LogP contribution is 2.26. The number of rotatable bonds is 14. The van der Waals surface area contributed by atoms with Gasteiger partial charge in [-0.25, -0.2) is 0 Å². The number of fused-ring (bicyclic) bond motifs is 1. The number of nitrogens with one attached hydrogen (secondary N) is 4. The van der Waals surface area contributed by atoms with Crippen LogP contribution in [0.5, 0.6) is 0 Å². The maximum Gasteiger partial charge on any atom is 0.246 e. The van der Waals surface area contributed by atoms with E-state index in [2.05, 4.69) is 21.3 Å². The number of carbonyl (C=O) groups is 11. The second-order valence-electron chi connectivity index (χ2n) is 25.6. The smallest absolute Gasteiger partial charge is 0.246 e. The third kappa shape index (κ3) is 20.0. The van der Waals surface area contributed by atoms with Crippen molar-refractivity contribution in [2.24, 2.45) is 35.5 Å². The Morgan fingerprint density at radius 3 is 1.49 bits per heavy atom. The number of amides is 11. The number of likely N-dealkylation sites (N-methyl/N-ethyl adjacent to an activating group) is 6. The number of aliphatic hydroxyl groups is 1. The SMILES string of the molecule is C/C=C/C[C@@H](C)[C@@H](O)[C@H]1C(=O)N[C@@H](CC)C(=O)N(C)CC(=O)N(C)[C@@H](CC(C)C)C(=O)N[C@@H](CC(C)C)C(=O)N2CCC[C@H]2C(=O)N[C@@H](C)C(=O)N[C@H](C)C(=O)N(C)[C@@H](CC(C)C)C(=O)N(C)[C@@H](CC(C)C)C(=O)N(C)[C@@H](C(C)C)C(=O)N1C. The second kappa shape index (κ2) is 33.5. The Balaban J connectivity index is 2.93. The van der Waals surface area contributed by atoms with Crippen molar-refractivity contribution in [3.05, 3.63) is 12.2 Å². The molecular weight excluding hydrogens is 1080 g/mol. The lowest BCUT2D eigenvalue weighted by atomic mass is 9.91. The maximum atomic E-state index is 15.1. The number of allylic oxidation sites excluding steroid dienone is 2. The molecule has 84 heavy (non-hydrogen) atoms. The zero-order valence-electron chi connectivity index (χ0n) is 54.6. The zero-order chi connectivity index (χ0) is 64.5. The third-order valence-electron chi connectivity index (χ3n) is 16.2. The van der Waals surface area contributed by atoms with Gasteiger partial charge in [0.1, 0.15) is 60.4 Å². The third-order valence-corrected chi connectivity index (χ3v) is 16.2. The lowest BCUT2D eigenvalue weighted by Gasteiger charge is -2.41. The van der Waals surface area contributed by atoms with Crippen LogP contribution < -0.4 is 21.3 Å². The summed E-state index contributed by atoms with van der Waals surface area (Å²) in [4.78, 5) is 168. The summed E-state index contributed by atoms with van der Waals surface area (Å²) in [5, 5.41) is 23.1. The van der Waals surface area contributed by atoms with Crippen molar-refractivity contribution in [1.29, 1.82) is 0 Å². The topological polar surface area (TPSA) is 279 Å². The van der Waals surface area contributed by atoms with Crippen molar-refractivity contribution >= 4 is 65.0 Å². The minimum absolute atomic E-state index is 0.0289. The molecule has 2 heterocycles. The molecule has 2 aliphatic rings. The van der Waals surface area contributed by atoms with E-state index < -0.39 is 150 Å². The summed E-state index contributed by atoms with van der Waals surface area (Å²) in [5.41, 5.74) is 0. The quantitative estimate of drug-likeness (QED) is 0.157. The van der Waals surface area contributed by atoms with Gasteiger partial charge in [0.15, 0.2) is 0 Å². The van der Waals surface area contributed by atoms with Crippen LogP contribution in [0.15, 0.2) is 12.2 Å². The summed E-state index contributed by atoms with van der Waals surface area (Å²) >= 11 is 0. The molecule has 0 aromatic carbocycles. The first-order valence-corrected chi connectivity index (χ1v) is 30.4. The molecule has 12 atom stereocenters. The molecule has 11 amide bonds. The van der Waals surface area contributed by atoms with E-state index in [1.165, 1.54) is 80.6 Å². The molecule has 0 aromatic heterocycles. The van der Waals surface area contributed by atoms with Crippen LogP contribution in [-0.2, 0) is 52.7 Å². The van der Waals surface area contributed by atoms with Crippen molar-refractivity contribution < 1.29 is 57.8 Å². The van der Waals surface area contributed by atoms with Gasteiger partial charge in [0.2, 0.25) is 65.0 Å². The number of hydrogen-bond donors (Lipinski definition) is 5. The standard InChI is InChI=1S/C61H107N11O12/c1-22-24-26-39(13)51(74)50-55(78)64-42(23-2)57(80)66(16)33-48(73)67(17)45(30-35(5)6)54(77)65-43(29-34(3)4)58(81)72-28-25-27-44(72)53(76)62-40(14)52(75)63-41(15)56(79)68(18)46(31-36(7)8)59(82)69(19)47(32-37(9)10)60(83)70(20)49(38(11)12)61(84)71(50)21/h22,24,34-47,49-51,74H,23,25-33H2,1-21H3,(H,62,76)(H,63,75)(H,64,78)(H,65,77)/b24-22+/t39-,40+,41-,42+,43+,44+,45+,46+,47+,49+,50+,51-/m1/s1. The van der Waals surface area contributed by atoms with Gasteiger partial charge in [0.05, 0.1) is 12.6 Å². The van der Waals surface area contributed by atoms with Gasteiger partial charge in [-0.3, -0.25) is 52.7 Å². The van der Waals surface area contributed by atoms with E-state index in [0.717, 1.165) is 9.80 Å². The first kappa shape index (κ1) is 74.0. The molecule has 2 rings (SSSR count). The van der Waals surface area contributed by atoms with E-state index in [1.54, 1.807) is 40.7 Å². The van der Waals surface area contributed by atoms with Gasteiger partial charge in [-0.1, -0.05) is 95.2 Å². The summed E-state index contributed by atoms with van der Waals surface area (Å²) in [5.74, 6) is -8.89. The van der Waals surface area contributed by atoms with Gasteiger partial charge in [-0.15, -0.1) is 0 Å². The van der Waals surface area contributed by atoms with E-state index in [4.69, 9.17) is 0 Å². The second-order valence-corrected chi connectivity index (χ2v) is 25.6. The Hall–Kier alpha value is -6.13. The number of hydrogen-bond acceptors (Lipinski definition) is 12. The molecule has 0 aromatic rings. The fourth-order valence-electron chi connectivity index (χ4n) is 11.1. The molecule has 0 unspecified atom stereocenters. The summed E-state index contributed by atoms with van der Waals surface area (Å²) in [6, 6.07) is -12.0. The number of aliphatic hydroxyl groups excluding tert-OH is 1. The predicted molar refractivity (Wildman–Crippen MR) is 322 cm³/mol. The van der Waals surface area contributed by atoms with Crippen molar-refractivity contribution in [3.8, 4) is 0 Å². The lowest BCUT2D eigenvalue weighted by Crippen LogP contribution is -2.63. The molecule has 23 heteroatoms. The van der Waals surface area contributed by atoms with E-state index >= 15 is 9.59 Å². The molecule has 478 valence electrons. The van der Waals surface area contributed by atoms with Gasteiger partial charge >= 0.3 is 0 Å². The van der Waals surface area contributed by atoms with Crippen molar-refractivity contribution in [1.82, 2.24) is 55.6 Å². The molecule has 2 fully saturated rings. The first-order chi connectivity index (χ1) is 39.0. The summed E-state index contributed by atoms with van der Waals surface area (Å²) in [6.07, 6.45) is 3.83. The number of carbonyl (C=O) groups excluding carboxylic acids is 11. The van der Waals surface area contributed by atoms with Crippen molar-refractivity contribution in [3.63, 3.8) is 0 Å². The predicted octanol–water partition coefficient (Wildman–Crippen LogP) is 2.78. The van der Waals surface area contributed by atoms with Crippen LogP contribution in [0.2, 0.25) is 0 Å². The molecule has 0 bridgehead atoms. The molecule has 0 aliphatic carbocycles. The van der Waals surface area contributed by atoms with Gasteiger partial charge in [-0.05, 0) is 108 Å². The van der Waals surface area contributed by atoms with E-state index in [1.807, 2.05) is 61.5 Å². The molecule has 2 saturated heterocycles. The average Bonchev–Trinajstić information content (AvgIpc) is 3.65. The Morgan fingerprint density at radius 1 is 0.512 bits per heavy atom. The molecule has 2 aliphatic heterocycles. The summed E-state index contributed by atoms with van der Waals surface area (Å²) in [6.45, 7) is 26.2. The van der Waals surface area contributed by atoms with Crippen LogP contribution in [0.3, 0.4) is 0 Å². The van der Waals surface area contributed by atoms with Crippen LogP contribution in [0.4, 0.5) is 0 Å². The minimum Gasteiger partial charge on any atom is -0.390 e. The average molecular weight is 1190 g/mol. The Kier molecular flexibility index (Phi) is 29.5. The molecule has 0 saturated carbocycles. The van der Waals surface area contributed by atoms with E-state index in [9.17, 15) is 48.3 Å². The summed E-state index contributed by atoms with van der Waals surface area (Å²) < 4.78 is 0. The van der Waals surface area contributed by atoms with Gasteiger partial charge in [0, 0.05) is 48.8 Å². The largest absolute Gasteiger partial charge is 0.390 e. The highest BCUT2D eigenvalue weighted by atomic mass is 16.3. The Morgan fingerprint density at radius 2 is 0.988 bits per heavy atom. The Bertz CT molecular complexity index is 2330. The monoisotopic (exact) mass is 1190 g/mol. The van der Waals surface area contributed by atoms with Crippen molar-refractivity contribution in [2.45, 2.75) is 222 Å². The van der Waals surface area contributed by atoms with Gasteiger partial charge in [0.25, 0.3) is 0 Å².